The highest BCUT2D eigenvalue weighted by molar-refractivity contribution is 5.93. The van der Waals surface area contributed by atoms with Gasteiger partial charge in [-0.05, 0) is 23.6 Å². The lowest BCUT2D eigenvalue weighted by Crippen LogP contribution is -2.00. The van der Waals surface area contributed by atoms with Crippen molar-refractivity contribution >= 4 is 22.1 Å². The first-order valence-electron chi connectivity index (χ1n) is 7.04. The lowest BCUT2D eigenvalue weighted by atomic mass is 10.1. The Kier molecular flexibility index (Phi) is 2.82. The van der Waals surface area contributed by atoms with Crippen LogP contribution in [0.1, 0.15) is 5.69 Å². The van der Waals surface area contributed by atoms with Crippen molar-refractivity contribution in [3.63, 3.8) is 0 Å². The Balaban J connectivity index is 1.63. The number of hydrogen-bond donors (Lipinski definition) is 1. The van der Waals surface area contributed by atoms with Crippen molar-refractivity contribution in [2.45, 2.75) is 6.54 Å². The molecule has 0 aliphatic rings. The zero-order valence-corrected chi connectivity index (χ0v) is 11.5. The molecule has 0 saturated carbocycles. The molecule has 0 aliphatic carbocycles. The molecule has 0 spiro atoms. The first kappa shape index (κ1) is 12.0. The van der Waals surface area contributed by atoms with Crippen LogP contribution in [0.4, 0.5) is 5.69 Å². The highest BCUT2D eigenvalue weighted by Crippen LogP contribution is 2.23. The van der Waals surface area contributed by atoms with Gasteiger partial charge in [-0.15, -0.1) is 0 Å². The molecule has 0 saturated heterocycles. The van der Waals surface area contributed by atoms with Crippen LogP contribution in [0.2, 0.25) is 0 Å². The molecule has 0 fully saturated rings. The summed E-state index contributed by atoms with van der Waals surface area (Å²) in [7, 11) is 0. The molecule has 0 unspecified atom stereocenters. The van der Waals surface area contributed by atoms with Crippen molar-refractivity contribution in [1.82, 2.24) is 9.38 Å². The van der Waals surface area contributed by atoms with Crippen molar-refractivity contribution < 1.29 is 0 Å². The van der Waals surface area contributed by atoms with E-state index in [0.29, 0.717) is 0 Å². The van der Waals surface area contributed by atoms with Gasteiger partial charge in [0.2, 0.25) is 0 Å². The minimum absolute atomic E-state index is 0.718. The lowest BCUT2D eigenvalue weighted by molar-refractivity contribution is 1.08. The Bertz CT molecular complexity index is 870. The average Bonchev–Trinajstić information content (AvgIpc) is 2.96. The van der Waals surface area contributed by atoms with Crippen LogP contribution >= 0.6 is 0 Å². The van der Waals surface area contributed by atoms with Crippen LogP contribution in [0.25, 0.3) is 16.4 Å². The largest absolute Gasteiger partial charge is 0.379 e. The number of fused-ring (bicyclic) bond motifs is 2. The summed E-state index contributed by atoms with van der Waals surface area (Å²) < 4.78 is 2.04. The molecule has 0 radical (unpaired) electrons. The fourth-order valence-corrected chi connectivity index (χ4v) is 2.64. The molecular formula is C18H15N3. The molecule has 4 aromatic rings. The lowest BCUT2D eigenvalue weighted by Gasteiger charge is -2.08. The third-order valence-electron chi connectivity index (χ3n) is 3.66. The summed E-state index contributed by atoms with van der Waals surface area (Å²) in [5.41, 5.74) is 3.16. The second-order valence-corrected chi connectivity index (χ2v) is 5.08. The summed E-state index contributed by atoms with van der Waals surface area (Å²) in [6, 6.07) is 20.7. The molecule has 2 aromatic carbocycles. The van der Waals surface area contributed by atoms with Crippen molar-refractivity contribution in [2.24, 2.45) is 0 Å². The second-order valence-electron chi connectivity index (χ2n) is 5.08. The van der Waals surface area contributed by atoms with Gasteiger partial charge in [0, 0.05) is 23.5 Å². The zero-order valence-electron chi connectivity index (χ0n) is 11.5. The number of pyridine rings is 1. The van der Waals surface area contributed by atoms with Gasteiger partial charge >= 0.3 is 0 Å². The predicted molar refractivity (Wildman–Crippen MR) is 86.5 cm³/mol. The monoisotopic (exact) mass is 273 g/mol. The third kappa shape index (κ3) is 2.23. The number of hydrogen-bond acceptors (Lipinski definition) is 2. The van der Waals surface area contributed by atoms with Crippen molar-refractivity contribution in [3.8, 4) is 0 Å². The Hall–Kier alpha value is -2.81. The molecule has 21 heavy (non-hydrogen) atoms. The van der Waals surface area contributed by atoms with E-state index in [2.05, 4.69) is 59.0 Å². The normalized spacial score (nSPS) is 11.0. The molecular weight excluding hydrogens is 258 g/mol. The van der Waals surface area contributed by atoms with E-state index in [4.69, 9.17) is 0 Å². The second kappa shape index (κ2) is 4.94. The zero-order chi connectivity index (χ0) is 14.1. The van der Waals surface area contributed by atoms with E-state index < -0.39 is 0 Å². The summed E-state index contributed by atoms with van der Waals surface area (Å²) in [6.45, 7) is 0.718. The fraction of sp³-hybridized carbons (Fsp3) is 0.0556. The smallest absolute Gasteiger partial charge is 0.137 e. The number of nitrogens with zero attached hydrogens (tertiary/aromatic N) is 2. The number of aromatic nitrogens is 2. The van der Waals surface area contributed by atoms with Crippen LogP contribution in [-0.2, 0) is 6.54 Å². The predicted octanol–water partition coefficient (Wildman–Crippen LogP) is 4.10. The summed E-state index contributed by atoms with van der Waals surface area (Å²) >= 11 is 0. The number of nitrogens with one attached hydrogen (secondary N) is 1. The third-order valence-corrected chi connectivity index (χ3v) is 3.66. The SMILES string of the molecule is c1ccc2c(NCc3cn4ccccc4n3)cccc2c1. The minimum atomic E-state index is 0.718. The molecule has 0 aliphatic heterocycles. The quantitative estimate of drug-likeness (QED) is 0.609. The standard InChI is InChI=1S/C18H15N3/c1-2-8-16-14(6-1)7-5-9-17(16)19-12-15-13-21-11-4-3-10-18(21)20-15/h1-11,13,19H,12H2. The number of benzene rings is 2. The summed E-state index contributed by atoms with van der Waals surface area (Å²) in [5, 5.41) is 5.98. The van der Waals surface area contributed by atoms with Crippen molar-refractivity contribution in [1.29, 1.82) is 0 Å². The van der Waals surface area contributed by atoms with E-state index in [1.165, 1.54) is 10.8 Å². The topological polar surface area (TPSA) is 29.3 Å². The first-order valence-corrected chi connectivity index (χ1v) is 7.04. The minimum Gasteiger partial charge on any atom is -0.379 e. The molecule has 4 rings (SSSR count). The van der Waals surface area contributed by atoms with E-state index in [9.17, 15) is 0 Å². The van der Waals surface area contributed by atoms with Gasteiger partial charge < -0.3 is 9.72 Å². The molecule has 2 aromatic heterocycles. The van der Waals surface area contributed by atoms with Crippen LogP contribution in [0.3, 0.4) is 0 Å². The molecule has 1 N–H and O–H groups in total. The van der Waals surface area contributed by atoms with Gasteiger partial charge in [-0.25, -0.2) is 4.98 Å². The Morgan fingerprint density at radius 3 is 2.71 bits per heavy atom. The fourth-order valence-electron chi connectivity index (χ4n) is 2.64. The van der Waals surface area contributed by atoms with Gasteiger partial charge in [-0.3, -0.25) is 0 Å². The van der Waals surface area contributed by atoms with E-state index in [0.717, 1.165) is 23.6 Å². The van der Waals surface area contributed by atoms with E-state index >= 15 is 0 Å². The van der Waals surface area contributed by atoms with Gasteiger partial charge in [0.15, 0.2) is 0 Å². The Morgan fingerprint density at radius 1 is 0.905 bits per heavy atom. The molecule has 3 nitrogen and oxygen atoms in total. The molecule has 0 atom stereocenters. The number of anilines is 1. The van der Waals surface area contributed by atoms with Crippen molar-refractivity contribution in [3.05, 3.63) is 78.8 Å². The maximum Gasteiger partial charge on any atom is 0.137 e. The van der Waals surface area contributed by atoms with Gasteiger partial charge in [-0.2, -0.15) is 0 Å². The summed E-state index contributed by atoms with van der Waals surface area (Å²) in [5.74, 6) is 0. The van der Waals surface area contributed by atoms with Gasteiger partial charge in [0.25, 0.3) is 0 Å². The summed E-state index contributed by atoms with van der Waals surface area (Å²) in [6.07, 6.45) is 4.08. The highest BCUT2D eigenvalue weighted by Gasteiger charge is 2.03. The highest BCUT2D eigenvalue weighted by atomic mass is 15.0. The van der Waals surface area contributed by atoms with Crippen LogP contribution in [0, 0.1) is 0 Å². The molecule has 3 heteroatoms. The average molecular weight is 273 g/mol. The van der Waals surface area contributed by atoms with Crippen LogP contribution < -0.4 is 5.32 Å². The Labute approximate surface area is 122 Å². The molecule has 0 amide bonds. The first-order chi connectivity index (χ1) is 10.4. The molecule has 102 valence electrons. The van der Waals surface area contributed by atoms with E-state index in [1.54, 1.807) is 0 Å². The maximum absolute atomic E-state index is 4.61. The van der Waals surface area contributed by atoms with Crippen LogP contribution in [0.5, 0.6) is 0 Å². The summed E-state index contributed by atoms with van der Waals surface area (Å²) in [4.78, 5) is 4.61. The molecule has 2 heterocycles. The van der Waals surface area contributed by atoms with E-state index in [-0.39, 0.29) is 0 Å². The Morgan fingerprint density at radius 2 is 1.76 bits per heavy atom. The number of rotatable bonds is 3. The van der Waals surface area contributed by atoms with Crippen LogP contribution in [0.15, 0.2) is 73.1 Å². The van der Waals surface area contributed by atoms with Crippen molar-refractivity contribution in [2.75, 3.05) is 5.32 Å². The maximum atomic E-state index is 4.61. The number of imidazole rings is 1. The van der Waals surface area contributed by atoms with Crippen LogP contribution in [-0.4, -0.2) is 9.38 Å². The van der Waals surface area contributed by atoms with E-state index in [1.807, 2.05) is 28.8 Å². The van der Waals surface area contributed by atoms with Gasteiger partial charge in [-0.1, -0.05) is 42.5 Å². The van der Waals surface area contributed by atoms with Gasteiger partial charge in [0.1, 0.15) is 5.65 Å². The molecule has 0 bridgehead atoms. The van der Waals surface area contributed by atoms with Gasteiger partial charge in [0.05, 0.1) is 12.2 Å².